The minimum absolute atomic E-state index is 0.0633. The van der Waals surface area contributed by atoms with Crippen LogP contribution in [-0.2, 0) is 4.74 Å². The number of rotatable bonds is 6. The maximum atomic E-state index is 12.7. The first-order valence-corrected chi connectivity index (χ1v) is 12.0. The lowest BCUT2D eigenvalue weighted by atomic mass is 10.00. The Bertz CT molecular complexity index is 1460. The highest BCUT2D eigenvalue weighted by Gasteiger charge is 2.20. The summed E-state index contributed by atoms with van der Waals surface area (Å²) >= 11 is 0. The van der Waals surface area contributed by atoms with Crippen LogP contribution in [0.1, 0.15) is 31.8 Å². The van der Waals surface area contributed by atoms with Crippen LogP contribution in [0.25, 0.3) is 10.9 Å². The number of methoxy groups -OCH3 is 1. The van der Waals surface area contributed by atoms with Crippen molar-refractivity contribution in [2.75, 3.05) is 33.3 Å². The molecule has 37 heavy (non-hydrogen) atoms. The number of benzene rings is 3. The van der Waals surface area contributed by atoms with Crippen LogP contribution < -0.4 is 10.7 Å². The Morgan fingerprint density at radius 1 is 0.946 bits per heavy atom. The van der Waals surface area contributed by atoms with Gasteiger partial charge in [0.1, 0.15) is 0 Å². The summed E-state index contributed by atoms with van der Waals surface area (Å²) in [7, 11) is 1.32. The number of piperazine rings is 1. The van der Waals surface area contributed by atoms with E-state index < -0.39 is 5.97 Å². The zero-order chi connectivity index (χ0) is 25.8. The molecule has 1 aliphatic rings. The van der Waals surface area contributed by atoms with Crippen LogP contribution in [0, 0.1) is 0 Å². The second kappa shape index (κ2) is 10.7. The third-order valence-corrected chi connectivity index (χ3v) is 6.23. The minimum atomic E-state index is -0.462. The van der Waals surface area contributed by atoms with E-state index in [1.54, 1.807) is 42.5 Å². The van der Waals surface area contributed by atoms with Crippen molar-refractivity contribution in [2.45, 2.75) is 0 Å². The molecule has 9 nitrogen and oxygen atoms in total. The van der Waals surface area contributed by atoms with Crippen molar-refractivity contribution < 1.29 is 19.4 Å². The van der Waals surface area contributed by atoms with E-state index in [4.69, 9.17) is 9.73 Å². The van der Waals surface area contributed by atoms with E-state index in [0.717, 1.165) is 31.7 Å². The Morgan fingerprint density at radius 2 is 1.65 bits per heavy atom. The number of nitrogens with one attached hydrogen (secondary N) is 3. The minimum Gasteiger partial charge on any atom is -0.494 e. The van der Waals surface area contributed by atoms with E-state index >= 15 is 0 Å². The molecule has 0 atom stereocenters. The van der Waals surface area contributed by atoms with Crippen molar-refractivity contribution in [1.29, 1.82) is 0 Å². The summed E-state index contributed by atoms with van der Waals surface area (Å²) in [4.78, 5) is 32.5. The van der Waals surface area contributed by atoms with Crippen LogP contribution in [-0.4, -0.2) is 66.0 Å². The van der Waals surface area contributed by atoms with E-state index in [-0.39, 0.29) is 11.8 Å². The number of aliphatic imine (C=N–C) groups is 1. The van der Waals surface area contributed by atoms with Crippen LogP contribution >= 0.6 is 0 Å². The average Bonchev–Trinajstić information content (AvgIpc) is 3.27. The van der Waals surface area contributed by atoms with E-state index in [1.807, 2.05) is 35.3 Å². The number of hydrazine groups is 1. The SMILES string of the molecule is COC(=O)c1ccc2c(C(=Nc3ccc(C(=O)NN4CCNCC4)cc3)c3ccccc3)c(O)[nH]c2c1. The summed E-state index contributed by atoms with van der Waals surface area (Å²) in [6, 6.07) is 21.6. The summed E-state index contributed by atoms with van der Waals surface area (Å²) in [6.07, 6.45) is 0. The number of ether oxygens (including phenoxy) is 1. The topological polar surface area (TPSA) is 119 Å². The first-order chi connectivity index (χ1) is 18.0. The number of hydrogen-bond acceptors (Lipinski definition) is 7. The van der Waals surface area contributed by atoms with Gasteiger partial charge in [-0.2, -0.15) is 0 Å². The number of nitrogens with zero attached hydrogens (tertiary/aromatic N) is 2. The average molecular weight is 498 g/mol. The molecular weight excluding hydrogens is 470 g/mol. The van der Waals surface area contributed by atoms with Crippen molar-refractivity contribution in [3.8, 4) is 5.88 Å². The predicted molar refractivity (Wildman–Crippen MR) is 141 cm³/mol. The molecule has 188 valence electrons. The third-order valence-electron chi connectivity index (χ3n) is 6.23. The highest BCUT2D eigenvalue weighted by molar-refractivity contribution is 6.22. The van der Waals surface area contributed by atoms with Gasteiger partial charge in [0, 0.05) is 48.2 Å². The molecule has 0 spiro atoms. The van der Waals surface area contributed by atoms with E-state index in [1.165, 1.54) is 7.11 Å². The standard InChI is InChI=1S/C28H27N5O4/c1-37-28(36)20-9-12-22-23(17-20)31-27(35)24(22)25(18-5-3-2-4-6-18)30-21-10-7-19(8-11-21)26(34)32-33-15-13-29-14-16-33/h2-12,17,29,31,35H,13-16H2,1H3,(H,32,34). The Hall–Kier alpha value is -4.47. The van der Waals surface area contributed by atoms with Gasteiger partial charge >= 0.3 is 5.97 Å². The number of carbonyl (C=O) groups excluding carboxylic acids is 2. The summed E-state index contributed by atoms with van der Waals surface area (Å²) in [5, 5.41) is 16.8. The lowest BCUT2D eigenvalue weighted by molar-refractivity contribution is 0.0600. The van der Waals surface area contributed by atoms with Crippen molar-refractivity contribution in [3.63, 3.8) is 0 Å². The number of hydrogen-bond donors (Lipinski definition) is 4. The Kier molecular flexibility index (Phi) is 6.98. The lowest BCUT2D eigenvalue weighted by Gasteiger charge is -2.27. The molecule has 0 aliphatic carbocycles. The quantitative estimate of drug-likeness (QED) is 0.240. The number of H-pyrrole nitrogens is 1. The molecule has 1 fully saturated rings. The number of aromatic amines is 1. The monoisotopic (exact) mass is 497 g/mol. The number of aromatic nitrogens is 1. The van der Waals surface area contributed by atoms with Gasteiger partial charge in [-0.3, -0.25) is 10.2 Å². The number of amides is 1. The van der Waals surface area contributed by atoms with Crippen LogP contribution in [0.4, 0.5) is 5.69 Å². The second-order valence-corrected chi connectivity index (χ2v) is 8.65. The third kappa shape index (κ3) is 5.23. The molecule has 2 heterocycles. The molecule has 3 aromatic carbocycles. The maximum Gasteiger partial charge on any atom is 0.337 e. The first kappa shape index (κ1) is 24.2. The highest BCUT2D eigenvalue weighted by atomic mass is 16.5. The lowest BCUT2D eigenvalue weighted by Crippen LogP contribution is -2.52. The first-order valence-electron chi connectivity index (χ1n) is 12.0. The normalized spacial score (nSPS) is 14.5. The summed E-state index contributed by atoms with van der Waals surface area (Å²) in [5.74, 6) is -0.696. The van der Waals surface area contributed by atoms with Crippen molar-refractivity contribution in [3.05, 3.63) is 95.1 Å². The number of esters is 1. The van der Waals surface area contributed by atoms with Gasteiger partial charge in [-0.25, -0.2) is 14.8 Å². The molecule has 5 rings (SSSR count). The van der Waals surface area contributed by atoms with Crippen LogP contribution in [0.5, 0.6) is 5.88 Å². The number of fused-ring (bicyclic) bond motifs is 1. The molecule has 1 saturated heterocycles. The Labute approximate surface area is 213 Å². The van der Waals surface area contributed by atoms with Gasteiger partial charge in [-0.1, -0.05) is 36.4 Å². The second-order valence-electron chi connectivity index (χ2n) is 8.65. The Morgan fingerprint density at radius 3 is 2.35 bits per heavy atom. The zero-order valence-electron chi connectivity index (χ0n) is 20.3. The van der Waals surface area contributed by atoms with Gasteiger partial charge in [0.25, 0.3) is 5.91 Å². The van der Waals surface area contributed by atoms with Gasteiger partial charge in [-0.15, -0.1) is 0 Å². The van der Waals surface area contributed by atoms with Crippen LogP contribution in [0.3, 0.4) is 0 Å². The van der Waals surface area contributed by atoms with Gasteiger partial charge in [0.15, 0.2) is 5.88 Å². The molecule has 4 aromatic rings. The molecule has 1 amide bonds. The molecule has 1 aromatic heterocycles. The molecule has 0 bridgehead atoms. The van der Waals surface area contributed by atoms with Crippen LogP contribution in [0.15, 0.2) is 77.8 Å². The van der Waals surface area contributed by atoms with Crippen molar-refractivity contribution >= 4 is 34.2 Å². The Balaban J connectivity index is 1.50. The fraction of sp³-hybridized carbons (Fsp3) is 0.179. The van der Waals surface area contributed by atoms with Gasteiger partial charge in [-0.05, 0) is 36.4 Å². The molecule has 0 unspecified atom stereocenters. The van der Waals surface area contributed by atoms with Gasteiger partial charge in [0.2, 0.25) is 0 Å². The summed E-state index contributed by atoms with van der Waals surface area (Å²) in [6.45, 7) is 3.18. The largest absolute Gasteiger partial charge is 0.494 e. The molecule has 0 radical (unpaired) electrons. The van der Waals surface area contributed by atoms with E-state index in [0.29, 0.717) is 39.0 Å². The number of carbonyl (C=O) groups is 2. The molecule has 4 N–H and O–H groups in total. The zero-order valence-corrected chi connectivity index (χ0v) is 20.3. The summed E-state index contributed by atoms with van der Waals surface area (Å²) < 4.78 is 4.81. The van der Waals surface area contributed by atoms with Crippen molar-refractivity contribution in [1.82, 2.24) is 20.7 Å². The molecule has 0 saturated carbocycles. The number of aromatic hydroxyl groups is 1. The maximum absolute atomic E-state index is 12.7. The van der Waals surface area contributed by atoms with E-state index in [9.17, 15) is 14.7 Å². The summed E-state index contributed by atoms with van der Waals surface area (Å²) in [5.41, 5.74) is 6.91. The fourth-order valence-corrected chi connectivity index (χ4v) is 4.33. The smallest absolute Gasteiger partial charge is 0.337 e. The molecule has 1 aliphatic heterocycles. The predicted octanol–water partition coefficient (Wildman–Crippen LogP) is 3.38. The van der Waals surface area contributed by atoms with Gasteiger partial charge < -0.3 is 20.1 Å². The van der Waals surface area contributed by atoms with Crippen molar-refractivity contribution in [2.24, 2.45) is 4.99 Å². The molecular formula is C28H27N5O4. The fourth-order valence-electron chi connectivity index (χ4n) is 4.33. The van der Waals surface area contributed by atoms with E-state index in [2.05, 4.69) is 15.7 Å². The molecule has 9 heteroatoms. The highest BCUT2D eigenvalue weighted by Crippen LogP contribution is 2.32. The van der Waals surface area contributed by atoms with Crippen LogP contribution in [0.2, 0.25) is 0 Å². The van der Waals surface area contributed by atoms with Gasteiger partial charge in [0.05, 0.1) is 29.6 Å².